The van der Waals surface area contributed by atoms with Gasteiger partial charge in [0.05, 0.1) is 19.3 Å². The monoisotopic (exact) mass is 495 g/mol. The van der Waals surface area contributed by atoms with E-state index in [-0.39, 0.29) is 35.9 Å². The number of ether oxygens (including phenoxy) is 2. The summed E-state index contributed by atoms with van der Waals surface area (Å²) >= 11 is 0. The summed E-state index contributed by atoms with van der Waals surface area (Å²) in [7, 11) is 1.36. The normalized spacial score (nSPS) is 18.0. The molecule has 9 nitrogen and oxygen atoms in total. The number of nitrogens with two attached hydrogens (primary N) is 1. The zero-order chi connectivity index (χ0) is 26.3. The van der Waals surface area contributed by atoms with Gasteiger partial charge in [0.2, 0.25) is 5.91 Å². The number of halogens is 1. The van der Waals surface area contributed by atoms with Gasteiger partial charge >= 0.3 is 0 Å². The molecule has 3 aromatic rings. The zero-order valence-electron chi connectivity index (χ0n) is 20.0. The average molecular weight is 496 g/mol. The first-order chi connectivity index (χ1) is 17.0. The van der Waals surface area contributed by atoms with Crippen molar-refractivity contribution in [1.29, 1.82) is 0 Å². The van der Waals surface area contributed by atoms with Gasteiger partial charge in [0.1, 0.15) is 34.9 Å². The smallest absolute Gasteiger partial charge is 0.251 e. The van der Waals surface area contributed by atoms with Crippen LogP contribution in [0, 0.1) is 5.82 Å². The predicted molar refractivity (Wildman–Crippen MR) is 128 cm³/mol. The van der Waals surface area contributed by atoms with Gasteiger partial charge in [-0.3, -0.25) is 9.59 Å². The number of carbonyl (C=O) groups is 2. The summed E-state index contributed by atoms with van der Waals surface area (Å²) in [5.74, 6) is -1.23. The highest BCUT2D eigenvalue weighted by atomic mass is 19.1. The number of carbonyl (C=O) groups excluding carboxylic acids is 2. The molecular formula is C26H26FN3O6. The van der Waals surface area contributed by atoms with Gasteiger partial charge in [-0.2, -0.15) is 0 Å². The van der Waals surface area contributed by atoms with E-state index in [1.165, 1.54) is 62.6 Å². The summed E-state index contributed by atoms with van der Waals surface area (Å²) in [6, 6.07) is 11.2. The molecule has 0 aliphatic carbocycles. The first-order valence-electron chi connectivity index (χ1n) is 11.1. The number of methoxy groups -OCH3 is 1. The number of amides is 2. The van der Waals surface area contributed by atoms with Crippen LogP contribution in [-0.2, 0) is 15.8 Å². The molecule has 4 rings (SSSR count). The van der Waals surface area contributed by atoms with Crippen molar-refractivity contribution in [1.82, 2.24) is 10.3 Å². The number of benzene rings is 2. The van der Waals surface area contributed by atoms with Crippen LogP contribution in [0.1, 0.15) is 35.5 Å². The second-order valence-corrected chi connectivity index (χ2v) is 9.07. The Bertz CT molecular complexity index is 1340. The summed E-state index contributed by atoms with van der Waals surface area (Å²) in [6.45, 7) is 2.84. The van der Waals surface area contributed by atoms with Crippen LogP contribution in [0.4, 0.5) is 4.39 Å². The summed E-state index contributed by atoms with van der Waals surface area (Å²) in [5, 5.41) is 23.7. The molecule has 0 bridgehead atoms. The van der Waals surface area contributed by atoms with Crippen LogP contribution in [0.15, 0.2) is 48.5 Å². The minimum atomic E-state index is -1.68. The van der Waals surface area contributed by atoms with Gasteiger partial charge in [0, 0.05) is 16.7 Å². The lowest BCUT2D eigenvalue weighted by molar-refractivity contribution is -0.123. The van der Waals surface area contributed by atoms with Crippen LogP contribution in [0.5, 0.6) is 17.2 Å². The van der Waals surface area contributed by atoms with Gasteiger partial charge < -0.3 is 30.7 Å². The Hall–Kier alpha value is -4.18. The van der Waals surface area contributed by atoms with E-state index >= 15 is 0 Å². The van der Waals surface area contributed by atoms with Crippen LogP contribution < -0.4 is 20.5 Å². The number of phenolic OH excluding ortho intramolecular Hbond substituents is 1. The molecular weight excluding hydrogens is 469 g/mol. The van der Waals surface area contributed by atoms with E-state index in [4.69, 9.17) is 15.2 Å². The Morgan fingerprint density at radius 1 is 1.25 bits per heavy atom. The molecule has 0 saturated heterocycles. The molecule has 0 spiro atoms. The highest BCUT2D eigenvalue weighted by molar-refractivity contribution is 5.95. The minimum Gasteiger partial charge on any atom is -0.504 e. The number of rotatable bonds is 7. The van der Waals surface area contributed by atoms with Crippen molar-refractivity contribution in [3.63, 3.8) is 0 Å². The SMILES string of the molecule is COc1cc(C(=O)NC[C@](C)(O)c2cc3c(c(-c4ccc(F)cc4)n2)OC[C@]3(C)C(N)=O)ccc1O. The van der Waals surface area contributed by atoms with Crippen LogP contribution in [0.25, 0.3) is 11.3 Å². The number of nitrogens with zero attached hydrogens (tertiary/aromatic N) is 1. The number of hydrogen-bond acceptors (Lipinski definition) is 7. The van der Waals surface area contributed by atoms with E-state index in [1.807, 2.05) is 0 Å². The van der Waals surface area contributed by atoms with Crippen molar-refractivity contribution in [2.75, 3.05) is 20.3 Å². The molecule has 5 N–H and O–H groups in total. The third-order valence-corrected chi connectivity index (χ3v) is 6.32. The maximum Gasteiger partial charge on any atom is 0.251 e. The molecule has 10 heteroatoms. The highest BCUT2D eigenvalue weighted by Crippen LogP contribution is 2.45. The summed E-state index contributed by atoms with van der Waals surface area (Å²) in [4.78, 5) is 29.6. The van der Waals surface area contributed by atoms with Crippen molar-refractivity contribution < 1.29 is 33.7 Å². The fourth-order valence-electron chi connectivity index (χ4n) is 3.93. The van der Waals surface area contributed by atoms with Gasteiger partial charge in [0.25, 0.3) is 5.91 Å². The van der Waals surface area contributed by atoms with E-state index in [0.717, 1.165) is 0 Å². The number of aliphatic hydroxyl groups is 1. The predicted octanol–water partition coefficient (Wildman–Crippen LogP) is 2.37. The van der Waals surface area contributed by atoms with Crippen LogP contribution in [-0.4, -0.2) is 47.3 Å². The zero-order valence-corrected chi connectivity index (χ0v) is 20.0. The number of hydrogen-bond donors (Lipinski definition) is 4. The number of aromatic hydroxyl groups is 1. The minimum absolute atomic E-state index is 0.0153. The van der Waals surface area contributed by atoms with Gasteiger partial charge in [-0.15, -0.1) is 0 Å². The van der Waals surface area contributed by atoms with Gasteiger partial charge in [0.15, 0.2) is 11.5 Å². The number of nitrogens with one attached hydrogen (secondary N) is 1. The lowest BCUT2D eigenvalue weighted by atomic mass is 9.82. The van der Waals surface area contributed by atoms with Crippen molar-refractivity contribution in [3.05, 3.63) is 71.2 Å². The molecule has 2 aromatic carbocycles. The molecule has 1 aromatic heterocycles. The van der Waals surface area contributed by atoms with E-state index in [0.29, 0.717) is 22.6 Å². The topological polar surface area (TPSA) is 144 Å². The number of pyridine rings is 1. The Morgan fingerprint density at radius 3 is 2.58 bits per heavy atom. The summed E-state index contributed by atoms with van der Waals surface area (Å²) < 4.78 is 24.4. The van der Waals surface area contributed by atoms with Gasteiger partial charge in [-0.05, 0) is 62.4 Å². The average Bonchev–Trinajstić information content (AvgIpc) is 3.21. The maximum atomic E-state index is 13.5. The molecule has 2 atom stereocenters. The van der Waals surface area contributed by atoms with Gasteiger partial charge in [-0.1, -0.05) is 0 Å². The summed E-state index contributed by atoms with van der Waals surface area (Å²) in [6.07, 6.45) is 0. The highest BCUT2D eigenvalue weighted by Gasteiger charge is 2.45. The number of primary amides is 1. The molecule has 0 unspecified atom stereocenters. The van der Waals surface area contributed by atoms with Crippen molar-refractivity contribution in [2.24, 2.45) is 5.73 Å². The largest absolute Gasteiger partial charge is 0.504 e. The first-order valence-corrected chi connectivity index (χ1v) is 11.1. The lowest BCUT2D eigenvalue weighted by Gasteiger charge is -2.26. The third-order valence-electron chi connectivity index (χ3n) is 6.32. The second kappa shape index (κ2) is 9.12. The van der Waals surface area contributed by atoms with Crippen LogP contribution >= 0.6 is 0 Å². The fourth-order valence-corrected chi connectivity index (χ4v) is 3.93. The number of aromatic nitrogens is 1. The fraction of sp³-hybridized carbons (Fsp3) is 0.269. The van der Waals surface area contributed by atoms with E-state index < -0.39 is 28.6 Å². The number of fused-ring (bicyclic) bond motifs is 1. The van der Waals surface area contributed by atoms with Gasteiger partial charge in [-0.25, -0.2) is 9.37 Å². The van der Waals surface area contributed by atoms with Crippen LogP contribution in [0.2, 0.25) is 0 Å². The Balaban J connectivity index is 1.70. The molecule has 0 radical (unpaired) electrons. The summed E-state index contributed by atoms with van der Waals surface area (Å²) in [5.41, 5.74) is 4.45. The van der Waals surface area contributed by atoms with E-state index in [1.54, 1.807) is 6.92 Å². The first kappa shape index (κ1) is 24.9. The Labute approximate surface area is 206 Å². The second-order valence-electron chi connectivity index (χ2n) is 9.07. The van der Waals surface area contributed by atoms with Crippen molar-refractivity contribution in [2.45, 2.75) is 24.9 Å². The molecule has 1 aliphatic rings. The Kier molecular flexibility index (Phi) is 6.32. The molecule has 188 valence electrons. The maximum absolute atomic E-state index is 13.5. The van der Waals surface area contributed by atoms with Crippen molar-refractivity contribution in [3.8, 4) is 28.5 Å². The third kappa shape index (κ3) is 4.42. The molecule has 2 amide bonds. The molecule has 0 saturated carbocycles. The lowest BCUT2D eigenvalue weighted by Crippen LogP contribution is -2.41. The van der Waals surface area contributed by atoms with Crippen LogP contribution in [0.3, 0.4) is 0 Å². The van der Waals surface area contributed by atoms with E-state index in [2.05, 4.69) is 10.3 Å². The van der Waals surface area contributed by atoms with Crippen molar-refractivity contribution >= 4 is 11.8 Å². The standard InChI is InChI=1S/C26H26FN3O6/c1-25(24(28)33)13-36-22-17(25)11-20(30-21(22)14-4-7-16(27)8-5-14)26(2,34)12-29-23(32)15-6-9-18(31)19(10-15)35-3/h4-11,31,34H,12-13H2,1-3H3,(H2,28,33)(H,29,32)/t25-,26-/m0/s1. The Morgan fingerprint density at radius 2 is 1.94 bits per heavy atom. The molecule has 36 heavy (non-hydrogen) atoms. The van der Waals surface area contributed by atoms with E-state index in [9.17, 15) is 24.2 Å². The quantitative estimate of drug-likeness (QED) is 0.394. The number of phenols is 1. The molecule has 0 fully saturated rings. The molecule has 2 heterocycles. The molecule has 1 aliphatic heterocycles.